The van der Waals surface area contributed by atoms with Gasteiger partial charge in [-0.05, 0) is 30.4 Å². The first-order valence-corrected chi connectivity index (χ1v) is 7.05. The van der Waals surface area contributed by atoms with Crippen LogP contribution in [0.25, 0.3) is 0 Å². The van der Waals surface area contributed by atoms with E-state index in [9.17, 15) is 20.0 Å². The first-order valence-electron chi connectivity index (χ1n) is 7.05. The molecule has 0 aliphatic carbocycles. The van der Waals surface area contributed by atoms with Crippen LogP contribution in [-0.4, -0.2) is 35.6 Å². The molecule has 0 unspecified atom stereocenters. The minimum absolute atomic E-state index is 0.0488. The van der Waals surface area contributed by atoms with Crippen molar-refractivity contribution in [1.82, 2.24) is 0 Å². The van der Waals surface area contributed by atoms with E-state index in [1.54, 1.807) is 6.07 Å². The van der Waals surface area contributed by atoms with Gasteiger partial charge in [-0.15, -0.1) is 0 Å². The van der Waals surface area contributed by atoms with Crippen LogP contribution in [0.2, 0.25) is 0 Å². The van der Waals surface area contributed by atoms with Gasteiger partial charge in [-0.3, -0.25) is 14.9 Å². The van der Waals surface area contributed by atoms with E-state index < -0.39 is 4.92 Å². The number of carbonyl (C=O) groups is 1. The second kappa shape index (κ2) is 5.33. The zero-order chi connectivity index (χ0) is 15.0. The van der Waals surface area contributed by atoms with E-state index in [4.69, 9.17) is 0 Å². The number of carbonyl (C=O) groups excluding carboxylic acids is 1. The van der Waals surface area contributed by atoms with E-state index >= 15 is 0 Å². The Bertz CT molecular complexity index is 594. The topological polar surface area (TPSA) is 95.7 Å². The highest BCUT2D eigenvalue weighted by atomic mass is 16.6. The molecule has 3 rings (SSSR count). The molecular weight excluding hydrogens is 274 g/mol. The lowest BCUT2D eigenvalue weighted by molar-refractivity contribution is -0.384. The molecule has 2 N–H and O–H groups in total. The van der Waals surface area contributed by atoms with E-state index in [2.05, 4.69) is 5.32 Å². The molecule has 112 valence electrons. The molecule has 2 heterocycles. The Morgan fingerprint density at radius 3 is 2.71 bits per heavy atom. The smallest absolute Gasteiger partial charge is 0.292 e. The molecule has 0 spiro atoms. The predicted octanol–water partition coefficient (Wildman–Crippen LogP) is 1.30. The number of nitrogens with zero attached hydrogens (tertiary/aromatic N) is 2. The molecule has 0 bridgehead atoms. The number of amides is 1. The highest BCUT2D eigenvalue weighted by Gasteiger charge is 2.29. The fourth-order valence-corrected chi connectivity index (χ4v) is 3.01. The number of fused-ring (bicyclic) bond motifs is 1. The molecule has 1 amide bonds. The van der Waals surface area contributed by atoms with Gasteiger partial charge in [0.2, 0.25) is 5.91 Å². The van der Waals surface area contributed by atoms with Gasteiger partial charge >= 0.3 is 0 Å². The van der Waals surface area contributed by atoms with Gasteiger partial charge in [0, 0.05) is 31.5 Å². The van der Waals surface area contributed by atoms with Gasteiger partial charge in [0.1, 0.15) is 5.69 Å². The Hall–Kier alpha value is -2.15. The van der Waals surface area contributed by atoms with Gasteiger partial charge in [0.15, 0.2) is 0 Å². The molecule has 7 nitrogen and oxygen atoms in total. The zero-order valence-electron chi connectivity index (χ0n) is 11.5. The zero-order valence-corrected chi connectivity index (χ0v) is 11.5. The summed E-state index contributed by atoms with van der Waals surface area (Å²) >= 11 is 0. The van der Waals surface area contributed by atoms with Crippen LogP contribution >= 0.6 is 0 Å². The van der Waals surface area contributed by atoms with E-state index in [-0.39, 0.29) is 30.5 Å². The molecule has 21 heavy (non-hydrogen) atoms. The number of aliphatic hydroxyl groups is 1. The largest absolute Gasteiger partial charge is 0.396 e. The molecule has 1 aromatic rings. The Labute approximate surface area is 121 Å². The second-order valence-electron chi connectivity index (χ2n) is 5.59. The monoisotopic (exact) mass is 291 g/mol. The minimum Gasteiger partial charge on any atom is -0.396 e. The fraction of sp³-hybridized carbons (Fsp3) is 0.500. The van der Waals surface area contributed by atoms with Crippen molar-refractivity contribution in [2.75, 3.05) is 29.9 Å². The van der Waals surface area contributed by atoms with Crippen molar-refractivity contribution in [2.45, 2.75) is 19.3 Å². The van der Waals surface area contributed by atoms with Gasteiger partial charge in [0.25, 0.3) is 5.69 Å². The molecule has 2 aliphatic rings. The van der Waals surface area contributed by atoms with Crippen molar-refractivity contribution < 1.29 is 14.8 Å². The summed E-state index contributed by atoms with van der Waals surface area (Å²) in [4.78, 5) is 24.3. The average molecular weight is 291 g/mol. The molecule has 0 atom stereocenters. The maximum Gasteiger partial charge on any atom is 0.292 e. The highest BCUT2D eigenvalue weighted by molar-refractivity contribution is 6.00. The fourth-order valence-electron chi connectivity index (χ4n) is 3.01. The van der Waals surface area contributed by atoms with Crippen molar-refractivity contribution in [3.63, 3.8) is 0 Å². The number of anilines is 2. The van der Waals surface area contributed by atoms with Crippen LogP contribution < -0.4 is 10.2 Å². The van der Waals surface area contributed by atoms with Crippen LogP contribution in [0, 0.1) is 16.0 Å². The lowest BCUT2D eigenvalue weighted by atomic mass is 9.97. The van der Waals surface area contributed by atoms with Gasteiger partial charge < -0.3 is 15.3 Å². The second-order valence-corrected chi connectivity index (χ2v) is 5.59. The number of hydrogen-bond donors (Lipinski definition) is 2. The van der Waals surface area contributed by atoms with Crippen LogP contribution in [-0.2, 0) is 11.2 Å². The normalized spacial score (nSPS) is 18.5. The van der Waals surface area contributed by atoms with Crippen molar-refractivity contribution >= 4 is 23.0 Å². The molecule has 0 aromatic heterocycles. The summed E-state index contributed by atoms with van der Waals surface area (Å²) in [6.07, 6.45) is 1.83. The number of rotatable bonds is 3. The maximum atomic E-state index is 11.4. The number of hydrogen-bond acceptors (Lipinski definition) is 5. The van der Waals surface area contributed by atoms with Crippen molar-refractivity contribution in [2.24, 2.45) is 5.92 Å². The molecule has 1 fully saturated rings. The molecule has 7 heteroatoms. The standard InChI is InChI=1S/C14H17N3O4/c18-8-9-1-3-16(4-2-9)12-7-11-10(6-14(19)15-11)5-13(12)17(20)21/h5,7,9,18H,1-4,6,8H2,(H,15,19). The van der Waals surface area contributed by atoms with Crippen LogP contribution in [0.5, 0.6) is 0 Å². The average Bonchev–Trinajstić information content (AvgIpc) is 2.85. The molecular formula is C14H17N3O4. The summed E-state index contributed by atoms with van der Waals surface area (Å²) < 4.78 is 0. The minimum atomic E-state index is -0.392. The summed E-state index contributed by atoms with van der Waals surface area (Å²) in [7, 11) is 0. The predicted molar refractivity (Wildman–Crippen MR) is 77.5 cm³/mol. The summed E-state index contributed by atoms with van der Waals surface area (Å²) in [5.74, 6) is 0.143. The van der Waals surface area contributed by atoms with Crippen LogP contribution in [0.3, 0.4) is 0 Å². The Morgan fingerprint density at radius 2 is 2.10 bits per heavy atom. The van der Waals surface area contributed by atoms with Crippen LogP contribution in [0.1, 0.15) is 18.4 Å². The van der Waals surface area contributed by atoms with Crippen molar-refractivity contribution in [3.8, 4) is 0 Å². The lowest BCUT2D eigenvalue weighted by Crippen LogP contribution is -2.35. The van der Waals surface area contributed by atoms with E-state index in [1.165, 1.54) is 6.07 Å². The summed E-state index contributed by atoms with van der Waals surface area (Å²) in [6.45, 7) is 1.52. The van der Waals surface area contributed by atoms with Gasteiger partial charge in [-0.2, -0.15) is 0 Å². The quantitative estimate of drug-likeness (QED) is 0.646. The molecule has 2 aliphatic heterocycles. The number of aliphatic hydroxyl groups excluding tert-OH is 1. The van der Waals surface area contributed by atoms with Gasteiger partial charge in [-0.1, -0.05) is 0 Å². The highest BCUT2D eigenvalue weighted by Crippen LogP contribution is 2.38. The molecule has 1 aromatic carbocycles. The van der Waals surface area contributed by atoms with Crippen LogP contribution in [0.4, 0.5) is 17.1 Å². The third-order valence-corrected chi connectivity index (χ3v) is 4.24. The van der Waals surface area contributed by atoms with Crippen molar-refractivity contribution in [3.05, 3.63) is 27.8 Å². The number of nitrogens with one attached hydrogen (secondary N) is 1. The Kier molecular flexibility index (Phi) is 3.50. The van der Waals surface area contributed by atoms with Crippen molar-refractivity contribution in [1.29, 1.82) is 0 Å². The SMILES string of the molecule is O=C1Cc2cc([N+](=O)[O-])c(N3CCC(CO)CC3)cc2N1. The number of nitro groups is 1. The third-order valence-electron chi connectivity index (χ3n) is 4.24. The number of benzene rings is 1. The molecule has 1 saturated heterocycles. The Balaban J connectivity index is 1.92. The molecule has 0 radical (unpaired) electrons. The maximum absolute atomic E-state index is 11.4. The van der Waals surface area contributed by atoms with E-state index in [0.717, 1.165) is 12.8 Å². The van der Waals surface area contributed by atoms with Crippen LogP contribution in [0.15, 0.2) is 12.1 Å². The Morgan fingerprint density at radius 1 is 1.38 bits per heavy atom. The summed E-state index contributed by atoms with van der Waals surface area (Å²) in [6, 6.07) is 3.21. The van der Waals surface area contributed by atoms with Gasteiger partial charge in [-0.25, -0.2) is 0 Å². The van der Waals surface area contributed by atoms with E-state index in [1.807, 2.05) is 4.90 Å². The summed E-state index contributed by atoms with van der Waals surface area (Å²) in [5.41, 5.74) is 1.95. The first-order chi connectivity index (χ1) is 10.1. The lowest BCUT2D eigenvalue weighted by Gasteiger charge is -2.32. The summed E-state index contributed by atoms with van der Waals surface area (Å²) in [5, 5.41) is 23.2. The number of piperidine rings is 1. The third kappa shape index (κ3) is 2.56. The number of nitro benzene ring substituents is 1. The van der Waals surface area contributed by atoms with Gasteiger partial charge in [0.05, 0.1) is 11.3 Å². The molecule has 0 saturated carbocycles. The van der Waals surface area contributed by atoms with E-state index in [0.29, 0.717) is 30.0 Å². The first kappa shape index (κ1) is 13.8.